The molecule has 3 N–H and O–H groups in total. The minimum absolute atomic E-state index is 0.173. The molecule has 1 fully saturated rings. The van der Waals surface area contributed by atoms with Gasteiger partial charge < -0.3 is 10.5 Å². The van der Waals surface area contributed by atoms with Crippen LogP contribution < -0.4 is 11.1 Å². The van der Waals surface area contributed by atoms with Crippen molar-refractivity contribution >= 4 is 21.8 Å². The third-order valence-corrected chi connectivity index (χ3v) is 3.35. The van der Waals surface area contributed by atoms with Gasteiger partial charge in [-0.3, -0.25) is 15.1 Å². The molecule has 0 aliphatic carbocycles. The highest BCUT2D eigenvalue weighted by molar-refractivity contribution is 9.10. The number of nitrogens with two attached hydrogens (primary N) is 1. The molecule has 0 spiro atoms. The number of nitrogens with one attached hydrogen (secondary N) is 1. The number of primary amides is 1. The SMILES string of the molecule is NC(=O)C(NCC1CCCO1)c1cncc(Br)c1. The topological polar surface area (TPSA) is 77.2 Å². The van der Waals surface area contributed by atoms with Crippen LogP contribution >= 0.6 is 15.9 Å². The molecule has 98 valence electrons. The average Bonchev–Trinajstić information content (AvgIpc) is 2.82. The molecule has 18 heavy (non-hydrogen) atoms. The summed E-state index contributed by atoms with van der Waals surface area (Å²) < 4.78 is 6.33. The van der Waals surface area contributed by atoms with Crippen molar-refractivity contribution in [2.75, 3.05) is 13.2 Å². The zero-order valence-electron chi connectivity index (χ0n) is 9.93. The Hall–Kier alpha value is -0.980. The van der Waals surface area contributed by atoms with E-state index in [0.717, 1.165) is 29.5 Å². The molecule has 1 aliphatic rings. The van der Waals surface area contributed by atoms with E-state index >= 15 is 0 Å². The first-order valence-corrected chi connectivity index (χ1v) is 6.71. The van der Waals surface area contributed by atoms with Crippen LogP contribution in [0.1, 0.15) is 24.4 Å². The van der Waals surface area contributed by atoms with E-state index in [0.29, 0.717) is 6.54 Å². The lowest BCUT2D eigenvalue weighted by Crippen LogP contribution is -2.37. The monoisotopic (exact) mass is 313 g/mol. The fourth-order valence-corrected chi connectivity index (χ4v) is 2.41. The molecule has 0 radical (unpaired) electrons. The predicted octanol–water partition coefficient (Wildman–Crippen LogP) is 1.14. The maximum Gasteiger partial charge on any atom is 0.239 e. The number of hydrogen-bond donors (Lipinski definition) is 2. The lowest BCUT2D eigenvalue weighted by atomic mass is 10.1. The van der Waals surface area contributed by atoms with Gasteiger partial charge in [0.1, 0.15) is 6.04 Å². The van der Waals surface area contributed by atoms with Gasteiger partial charge in [0.25, 0.3) is 0 Å². The zero-order valence-corrected chi connectivity index (χ0v) is 11.5. The highest BCUT2D eigenvalue weighted by Crippen LogP contribution is 2.18. The van der Waals surface area contributed by atoms with Crippen molar-refractivity contribution in [2.24, 2.45) is 5.73 Å². The van der Waals surface area contributed by atoms with Gasteiger partial charge in [-0.1, -0.05) is 0 Å². The predicted molar refractivity (Wildman–Crippen MR) is 70.8 cm³/mol. The Morgan fingerprint density at radius 3 is 3.11 bits per heavy atom. The van der Waals surface area contributed by atoms with Gasteiger partial charge in [-0.25, -0.2) is 0 Å². The molecule has 6 heteroatoms. The van der Waals surface area contributed by atoms with E-state index in [-0.39, 0.29) is 6.10 Å². The Bertz CT molecular complexity index is 422. The lowest BCUT2D eigenvalue weighted by molar-refractivity contribution is -0.120. The number of halogens is 1. The van der Waals surface area contributed by atoms with E-state index in [1.54, 1.807) is 12.4 Å². The largest absolute Gasteiger partial charge is 0.377 e. The zero-order chi connectivity index (χ0) is 13.0. The van der Waals surface area contributed by atoms with Crippen molar-refractivity contribution in [2.45, 2.75) is 25.0 Å². The van der Waals surface area contributed by atoms with Crippen molar-refractivity contribution in [3.63, 3.8) is 0 Å². The summed E-state index contributed by atoms with van der Waals surface area (Å²) >= 11 is 3.33. The fraction of sp³-hybridized carbons (Fsp3) is 0.500. The summed E-state index contributed by atoms with van der Waals surface area (Å²) in [5.74, 6) is -0.409. The quantitative estimate of drug-likeness (QED) is 0.854. The van der Waals surface area contributed by atoms with E-state index in [1.807, 2.05) is 6.07 Å². The molecule has 1 aromatic heterocycles. The van der Waals surface area contributed by atoms with E-state index in [9.17, 15) is 4.79 Å². The van der Waals surface area contributed by atoms with Crippen molar-refractivity contribution < 1.29 is 9.53 Å². The number of pyridine rings is 1. The number of amides is 1. The number of ether oxygens (including phenoxy) is 1. The normalized spacial score (nSPS) is 20.8. The van der Waals surface area contributed by atoms with Crippen molar-refractivity contribution in [3.05, 3.63) is 28.5 Å². The molecule has 2 heterocycles. The van der Waals surface area contributed by atoms with Crippen LogP contribution in [0.25, 0.3) is 0 Å². The first-order valence-electron chi connectivity index (χ1n) is 5.91. The van der Waals surface area contributed by atoms with Gasteiger partial charge >= 0.3 is 0 Å². The first kappa shape index (κ1) is 13.5. The molecule has 0 bridgehead atoms. The van der Waals surface area contributed by atoms with Crippen molar-refractivity contribution in [3.8, 4) is 0 Å². The Morgan fingerprint density at radius 1 is 1.67 bits per heavy atom. The molecule has 1 aliphatic heterocycles. The van der Waals surface area contributed by atoms with Crippen LogP contribution in [0.4, 0.5) is 0 Å². The maximum atomic E-state index is 11.5. The Kier molecular flexibility index (Phi) is 4.68. The number of carbonyl (C=O) groups excluding carboxylic acids is 1. The van der Waals surface area contributed by atoms with Gasteiger partial charge in [-0.2, -0.15) is 0 Å². The minimum atomic E-state index is -0.529. The number of nitrogens with zero attached hydrogens (tertiary/aromatic N) is 1. The molecule has 0 aromatic carbocycles. The summed E-state index contributed by atoms with van der Waals surface area (Å²) in [5, 5.41) is 3.14. The van der Waals surface area contributed by atoms with Crippen LogP contribution in [0, 0.1) is 0 Å². The van der Waals surface area contributed by atoms with Gasteiger partial charge in [-0.05, 0) is 40.4 Å². The smallest absolute Gasteiger partial charge is 0.239 e. The molecule has 2 rings (SSSR count). The van der Waals surface area contributed by atoms with Gasteiger partial charge in [0.05, 0.1) is 6.10 Å². The third kappa shape index (κ3) is 3.51. The van der Waals surface area contributed by atoms with Crippen molar-refractivity contribution in [1.29, 1.82) is 0 Å². The van der Waals surface area contributed by atoms with E-state index in [2.05, 4.69) is 26.2 Å². The van der Waals surface area contributed by atoms with Gasteiger partial charge in [-0.15, -0.1) is 0 Å². The minimum Gasteiger partial charge on any atom is -0.377 e. The lowest BCUT2D eigenvalue weighted by Gasteiger charge is -2.18. The number of aromatic nitrogens is 1. The second-order valence-electron chi connectivity index (χ2n) is 4.32. The standard InChI is InChI=1S/C12H16BrN3O2/c13-9-4-8(5-15-6-9)11(12(14)17)16-7-10-2-1-3-18-10/h4-6,10-11,16H,1-3,7H2,(H2,14,17). The summed E-state index contributed by atoms with van der Waals surface area (Å²) in [7, 11) is 0. The van der Waals surface area contributed by atoms with Crippen molar-refractivity contribution in [1.82, 2.24) is 10.3 Å². The number of rotatable bonds is 5. The van der Waals surface area contributed by atoms with Gasteiger partial charge in [0.15, 0.2) is 0 Å². The summed E-state index contributed by atoms with van der Waals surface area (Å²) in [6.45, 7) is 1.42. The molecule has 2 atom stereocenters. The number of carbonyl (C=O) groups is 1. The maximum absolute atomic E-state index is 11.5. The second-order valence-corrected chi connectivity index (χ2v) is 5.23. The first-order chi connectivity index (χ1) is 8.66. The summed E-state index contributed by atoms with van der Waals surface area (Å²) in [6, 6.07) is 1.31. The van der Waals surface area contributed by atoms with Gasteiger partial charge in [0.2, 0.25) is 5.91 Å². The molecule has 1 amide bonds. The Morgan fingerprint density at radius 2 is 2.50 bits per heavy atom. The average molecular weight is 314 g/mol. The molecule has 1 saturated heterocycles. The van der Waals surface area contributed by atoms with E-state index in [4.69, 9.17) is 10.5 Å². The molecule has 2 unspecified atom stereocenters. The Balaban J connectivity index is 2.01. The van der Waals surface area contributed by atoms with Crippen LogP contribution in [-0.2, 0) is 9.53 Å². The Labute approximate surface area is 114 Å². The highest BCUT2D eigenvalue weighted by atomic mass is 79.9. The van der Waals surface area contributed by atoms with Crippen LogP contribution in [0.2, 0.25) is 0 Å². The van der Waals surface area contributed by atoms with E-state index in [1.165, 1.54) is 0 Å². The summed E-state index contributed by atoms with van der Waals surface area (Å²) in [6.07, 6.45) is 5.58. The number of hydrogen-bond acceptors (Lipinski definition) is 4. The van der Waals surface area contributed by atoms with E-state index < -0.39 is 11.9 Å². The van der Waals surface area contributed by atoms with Crippen LogP contribution in [-0.4, -0.2) is 30.1 Å². The third-order valence-electron chi connectivity index (χ3n) is 2.92. The van der Waals surface area contributed by atoms with Crippen LogP contribution in [0.5, 0.6) is 0 Å². The molecule has 0 saturated carbocycles. The molecular formula is C12H16BrN3O2. The second kappa shape index (κ2) is 6.26. The fourth-order valence-electron chi connectivity index (χ4n) is 2.02. The van der Waals surface area contributed by atoms with Crippen LogP contribution in [0.15, 0.2) is 22.9 Å². The molecule has 5 nitrogen and oxygen atoms in total. The summed E-state index contributed by atoms with van der Waals surface area (Å²) in [4.78, 5) is 15.5. The van der Waals surface area contributed by atoms with Crippen LogP contribution in [0.3, 0.4) is 0 Å². The summed E-state index contributed by atoms with van der Waals surface area (Å²) in [5.41, 5.74) is 6.18. The molecular weight excluding hydrogens is 298 g/mol. The van der Waals surface area contributed by atoms with Gasteiger partial charge in [0, 0.05) is 30.0 Å². The highest BCUT2D eigenvalue weighted by Gasteiger charge is 2.21. The molecule has 1 aromatic rings.